The molecule has 15 nitrogen and oxygen atoms in total. The second-order valence-electron chi connectivity index (χ2n) is 14.7. The number of amides is 1. The van der Waals surface area contributed by atoms with E-state index in [4.69, 9.17) is 9.47 Å². The molecule has 0 bridgehead atoms. The summed E-state index contributed by atoms with van der Waals surface area (Å²) in [5.41, 5.74) is 1.95. The first-order chi connectivity index (χ1) is 27.0. The average Bonchev–Trinajstić information content (AvgIpc) is 3.20. The smallest absolute Gasteiger partial charge is 0.337 e. The number of aliphatic hydroxyl groups excluding tert-OH is 5. The lowest BCUT2D eigenvalue weighted by atomic mass is 9.78. The van der Waals surface area contributed by atoms with E-state index < -0.39 is 83.4 Å². The molecule has 2 aliphatic heterocycles. The van der Waals surface area contributed by atoms with Crippen LogP contribution in [0.3, 0.4) is 0 Å². The molecule has 0 aromatic heterocycles. The number of anilines is 1. The SMILES string of the molecule is COC(=O)[C@H]1OC(OCC(O)(CO)CCc2ccc([C@@H]3[C@@H](CC[C@H](O)c4ccc(F)cc4)C(=O)N3c3ccc(CCCNS(C)(=O)=O)cc3)cc2)[C@H](O)[C@@H](O)[C@@H]1O. The summed E-state index contributed by atoms with van der Waals surface area (Å²) in [6.07, 6.45) is -6.33. The Labute approximate surface area is 330 Å². The van der Waals surface area contributed by atoms with E-state index in [1.54, 1.807) is 4.90 Å². The van der Waals surface area contributed by atoms with Gasteiger partial charge in [-0.25, -0.2) is 22.3 Å². The molecule has 0 spiro atoms. The zero-order chi connectivity index (χ0) is 41.5. The lowest BCUT2D eigenvalue weighted by Gasteiger charge is -2.48. The number of β-lactam (4-membered cyclic amide) rings is 1. The van der Waals surface area contributed by atoms with Gasteiger partial charge in [0, 0.05) is 12.2 Å². The van der Waals surface area contributed by atoms with E-state index in [9.17, 15) is 53.0 Å². The van der Waals surface area contributed by atoms with Crippen LogP contribution in [0.25, 0.3) is 0 Å². The summed E-state index contributed by atoms with van der Waals surface area (Å²) in [4.78, 5) is 27.4. The van der Waals surface area contributed by atoms with Gasteiger partial charge in [-0.05, 0) is 85.0 Å². The first-order valence-corrected chi connectivity index (χ1v) is 20.5. The fourth-order valence-electron chi connectivity index (χ4n) is 7.05. The summed E-state index contributed by atoms with van der Waals surface area (Å²) in [7, 11) is -2.23. The highest BCUT2D eigenvalue weighted by Crippen LogP contribution is 2.46. The second-order valence-corrected chi connectivity index (χ2v) is 16.5. The van der Waals surface area contributed by atoms with E-state index in [1.165, 1.54) is 24.3 Å². The van der Waals surface area contributed by atoms with E-state index in [0.29, 0.717) is 37.1 Å². The molecule has 7 N–H and O–H groups in total. The zero-order valence-corrected chi connectivity index (χ0v) is 32.5. The predicted octanol–water partition coefficient (Wildman–Crippen LogP) is 1.18. The van der Waals surface area contributed by atoms with Gasteiger partial charge in [-0.2, -0.15) is 0 Å². The van der Waals surface area contributed by atoms with Crippen LogP contribution in [0.2, 0.25) is 0 Å². The molecule has 312 valence electrons. The molecular formula is C40H51FN2O13S. The van der Waals surface area contributed by atoms with Crippen LogP contribution >= 0.6 is 0 Å². The molecule has 2 aliphatic rings. The number of rotatable bonds is 19. The van der Waals surface area contributed by atoms with Crippen molar-refractivity contribution in [1.29, 1.82) is 0 Å². The third kappa shape index (κ3) is 11.2. The molecule has 2 heterocycles. The molecule has 1 amide bonds. The summed E-state index contributed by atoms with van der Waals surface area (Å²) < 4.78 is 54.1. The average molecular weight is 819 g/mol. The molecule has 0 saturated carbocycles. The number of halogens is 1. The zero-order valence-electron chi connectivity index (χ0n) is 31.7. The van der Waals surface area contributed by atoms with Gasteiger partial charge in [0.15, 0.2) is 12.4 Å². The van der Waals surface area contributed by atoms with Crippen molar-refractivity contribution in [2.24, 2.45) is 5.92 Å². The predicted molar refractivity (Wildman–Crippen MR) is 203 cm³/mol. The summed E-state index contributed by atoms with van der Waals surface area (Å²) in [5, 5.41) is 62.7. The molecule has 3 aromatic rings. The summed E-state index contributed by atoms with van der Waals surface area (Å²) >= 11 is 0. The molecule has 9 atom stereocenters. The summed E-state index contributed by atoms with van der Waals surface area (Å²) in [6.45, 7) is -0.988. The van der Waals surface area contributed by atoms with Gasteiger partial charge in [0.05, 0.1) is 44.6 Å². The first-order valence-electron chi connectivity index (χ1n) is 18.7. The van der Waals surface area contributed by atoms with E-state index in [-0.39, 0.29) is 31.2 Å². The Kier molecular flexibility index (Phi) is 14.9. The number of benzene rings is 3. The fraction of sp³-hybridized carbons (Fsp3) is 0.500. The molecule has 3 aromatic carbocycles. The maximum atomic E-state index is 13.7. The molecule has 0 radical (unpaired) electrons. The Morgan fingerprint density at radius 3 is 2.21 bits per heavy atom. The minimum Gasteiger partial charge on any atom is -0.467 e. The van der Waals surface area contributed by atoms with Crippen molar-refractivity contribution in [2.75, 3.05) is 38.0 Å². The van der Waals surface area contributed by atoms with E-state index in [0.717, 1.165) is 30.1 Å². The van der Waals surface area contributed by atoms with Crippen LogP contribution in [0.5, 0.6) is 0 Å². The number of sulfonamides is 1. The standard InChI is InChI=1S/C40H51FN2O13S/c1-54-38(50)36-34(47)33(46)35(48)39(56-36)55-23-40(51,22-44)20-19-25-5-9-27(10-6-25)32-30(17-18-31(45)26-11-13-28(41)14-12-26)37(49)43(32)29-15-7-24(8-16-29)4-3-21-42-57(2,52)53/h5-16,30-36,39,42,44-48,51H,3-4,17-23H2,1-2H3/t30-,31+,32-,33+,34+,35-,36+,39?,40?/m1/s1. The number of aryl methyl sites for hydroxylation is 2. The van der Waals surface area contributed by atoms with Gasteiger partial charge >= 0.3 is 5.97 Å². The van der Waals surface area contributed by atoms with Crippen LogP contribution in [0.1, 0.15) is 60.1 Å². The Balaban J connectivity index is 1.26. The Hall–Kier alpha value is -3.88. The summed E-state index contributed by atoms with van der Waals surface area (Å²) in [5.74, 6) is -2.02. The molecule has 2 fully saturated rings. The van der Waals surface area contributed by atoms with Gasteiger partial charge in [-0.3, -0.25) is 4.79 Å². The van der Waals surface area contributed by atoms with Crippen molar-refractivity contribution < 1.29 is 67.2 Å². The van der Waals surface area contributed by atoms with E-state index in [2.05, 4.69) is 9.46 Å². The number of carbonyl (C=O) groups is 2. The largest absolute Gasteiger partial charge is 0.467 e. The number of esters is 1. The van der Waals surface area contributed by atoms with Crippen molar-refractivity contribution in [3.63, 3.8) is 0 Å². The molecule has 2 saturated heterocycles. The Morgan fingerprint density at radius 2 is 1.60 bits per heavy atom. The quantitative estimate of drug-likeness (QED) is 0.0513. The highest BCUT2D eigenvalue weighted by molar-refractivity contribution is 7.88. The van der Waals surface area contributed by atoms with Crippen LogP contribution in [0, 0.1) is 11.7 Å². The van der Waals surface area contributed by atoms with Gasteiger partial charge in [-0.1, -0.05) is 48.5 Å². The third-order valence-corrected chi connectivity index (χ3v) is 11.2. The fourth-order valence-corrected chi connectivity index (χ4v) is 7.57. The first kappa shape index (κ1) is 44.2. The van der Waals surface area contributed by atoms with Gasteiger partial charge in [-0.15, -0.1) is 0 Å². The van der Waals surface area contributed by atoms with Crippen molar-refractivity contribution in [3.05, 3.63) is 101 Å². The minimum absolute atomic E-state index is 0.00806. The number of aliphatic hydroxyl groups is 6. The molecule has 17 heteroatoms. The number of ether oxygens (including phenoxy) is 3. The maximum Gasteiger partial charge on any atom is 0.337 e. The number of nitrogens with zero attached hydrogens (tertiary/aromatic N) is 1. The molecule has 2 unspecified atom stereocenters. The molecule has 5 rings (SSSR count). The summed E-state index contributed by atoms with van der Waals surface area (Å²) in [6, 6.07) is 20.1. The second kappa shape index (κ2) is 19.2. The van der Waals surface area contributed by atoms with Crippen LogP contribution in [-0.4, -0.2) is 120 Å². The minimum atomic E-state index is -3.28. The van der Waals surface area contributed by atoms with Gasteiger partial charge in [0.25, 0.3) is 0 Å². The Bertz CT molecular complexity index is 1900. The molecular weight excluding hydrogens is 768 g/mol. The molecule has 0 aliphatic carbocycles. The van der Waals surface area contributed by atoms with Crippen LogP contribution < -0.4 is 9.62 Å². The number of nitrogens with one attached hydrogen (secondary N) is 1. The number of hydrogen-bond acceptors (Lipinski definition) is 13. The normalized spacial score (nSPS) is 25.4. The van der Waals surface area contributed by atoms with Crippen LogP contribution in [0.15, 0.2) is 72.8 Å². The number of methoxy groups -OCH3 is 1. The van der Waals surface area contributed by atoms with Crippen molar-refractivity contribution in [2.45, 2.75) is 87.0 Å². The highest BCUT2D eigenvalue weighted by Gasteiger charge is 2.49. The maximum absolute atomic E-state index is 13.7. The monoisotopic (exact) mass is 818 g/mol. The number of carbonyl (C=O) groups excluding carboxylic acids is 2. The number of hydrogen-bond donors (Lipinski definition) is 7. The topological polar surface area (TPSA) is 233 Å². The van der Waals surface area contributed by atoms with Crippen molar-refractivity contribution in [3.8, 4) is 0 Å². The van der Waals surface area contributed by atoms with Crippen molar-refractivity contribution in [1.82, 2.24) is 4.72 Å². The van der Waals surface area contributed by atoms with Gasteiger partial charge < -0.3 is 49.7 Å². The third-order valence-electron chi connectivity index (χ3n) is 10.5. The van der Waals surface area contributed by atoms with Gasteiger partial charge in [0.2, 0.25) is 15.9 Å². The van der Waals surface area contributed by atoms with Gasteiger partial charge in [0.1, 0.15) is 29.7 Å². The van der Waals surface area contributed by atoms with Crippen LogP contribution in [-0.2, 0) is 46.7 Å². The lowest BCUT2D eigenvalue weighted by Crippen LogP contribution is -2.61. The Morgan fingerprint density at radius 1 is 0.965 bits per heavy atom. The molecule has 57 heavy (non-hydrogen) atoms. The van der Waals surface area contributed by atoms with Crippen molar-refractivity contribution >= 4 is 27.6 Å². The lowest BCUT2D eigenvalue weighted by molar-refractivity contribution is -0.303. The highest BCUT2D eigenvalue weighted by atomic mass is 32.2. The van der Waals surface area contributed by atoms with E-state index >= 15 is 0 Å². The van der Waals surface area contributed by atoms with Crippen LogP contribution in [0.4, 0.5) is 10.1 Å². The van der Waals surface area contributed by atoms with E-state index in [1.807, 2.05) is 48.5 Å².